The van der Waals surface area contributed by atoms with E-state index in [0.717, 1.165) is 27.4 Å². The summed E-state index contributed by atoms with van der Waals surface area (Å²) in [6.07, 6.45) is 4.13. The summed E-state index contributed by atoms with van der Waals surface area (Å²) in [4.78, 5) is 1.14. The fraction of sp³-hybridized carbons (Fsp3) is 0. The van der Waals surface area contributed by atoms with Crippen molar-refractivity contribution in [3.63, 3.8) is 0 Å². The lowest BCUT2D eigenvalue weighted by Gasteiger charge is -2.16. The zero-order valence-electron chi connectivity index (χ0n) is 10.5. The van der Waals surface area contributed by atoms with Crippen molar-refractivity contribution in [3.8, 4) is 11.1 Å². The van der Waals surface area contributed by atoms with Crippen molar-refractivity contribution in [3.05, 3.63) is 51.9 Å². The molecule has 1 aliphatic heterocycles. The number of halogens is 2. The number of nitrogen functional groups attached to an aromatic ring is 2. The molecule has 3 rings (SSSR count). The molecule has 2 nitrogen and oxygen atoms in total. The molecular formula is C14H16Cl2N2S2. The smallest absolute Gasteiger partial charge is 0.0448 e. The van der Waals surface area contributed by atoms with Crippen molar-refractivity contribution in [1.29, 1.82) is 0 Å². The SMILES string of the molecule is Cl.Cl.Nc1cc([SH]2C=CC=C2)c(N)cc1-c1ccsc1. The van der Waals surface area contributed by atoms with Crippen LogP contribution < -0.4 is 11.5 Å². The Hall–Kier alpha value is -1.07. The van der Waals surface area contributed by atoms with E-state index in [1.54, 1.807) is 11.3 Å². The zero-order chi connectivity index (χ0) is 12.5. The summed E-state index contributed by atoms with van der Waals surface area (Å²) >= 11 is 1.66. The molecule has 1 aromatic carbocycles. The quantitative estimate of drug-likeness (QED) is 0.539. The predicted molar refractivity (Wildman–Crippen MR) is 98.6 cm³/mol. The molecule has 1 aliphatic rings. The first kappa shape index (κ1) is 17.0. The Morgan fingerprint density at radius 2 is 1.65 bits per heavy atom. The summed E-state index contributed by atoms with van der Waals surface area (Å²) in [5.74, 6) is 0. The van der Waals surface area contributed by atoms with Crippen LogP contribution in [0.2, 0.25) is 0 Å². The summed E-state index contributed by atoms with van der Waals surface area (Å²) < 4.78 is 0. The van der Waals surface area contributed by atoms with Crippen molar-refractivity contribution in [2.75, 3.05) is 11.5 Å². The third kappa shape index (κ3) is 3.15. The Morgan fingerprint density at radius 3 is 2.25 bits per heavy atom. The van der Waals surface area contributed by atoms with Gasteiger partial charge in [0.1, 0.15) is 0 Å². The largest absolute Gasteiger partial charge is 0.398 e. The van der Waals surface area contributed by atoms with Crippen LogP contribution in [0.1, 0.15) is 0 Å². The number of thiophene rings is 1. The number of thiol groups is 1. The van der Waals surface area contributed by atoms with Gasteiger partial charge in [0.05, 0.1) is 0 Å². The molecule has 0 spiro atoms. The Balaban J connectivity index is 0.000001000. The normalized spacial score (nSPS) is 13.9. The maximum Gasteiger partial charge on any atom is 0.0448 e. The van der Waals surface area contributed by atoms with E-state index in [1.165, 1.54) is 0 Å². The number of hydrogen-bond acceptors (Lipinski definition) is 3. The van der Waals surface area contributed by atoms with E-state index in [2.05, 4.69) is 34.4 Å². The first-order valence-corrected chi connectivity index (χ1v) is 8.03. The highest BCUT2D eigenvalue weighted by molar-refractivity contribution is 8.22. The van der Waals surface area contributed by atoms with Gasteiger partial charge in [-0.15, -0.1) is 24.8 Å². The minimum atomic E-state index is -0.411. The molecule has 108 valence electrons. The second-order valence-electron chi connectivity index (χ2n) is 4.10. The van der Waals surface area contributed by atoms with Gasteiger partial charge in [-0.3, -0.25) is 0 Å². The highest BCUT2D eigenvalue weighted by atomic mass is 35.5. The van der Waals surface area contributed by atoms with Gasteiger partial charge in [0, 0.05) is 21.8 Å². The summed E-state index contributed by atoms with van der Waals surface area (Å²) in [6, 6.07) is 6.08. The Bertz CT molecular complexity index is 625. The fourth-order valence-electron chi connectivity index (χ4n) is 2.01. The third-order valence-corrected chi connectivity index (χ3v) is 5.53. The molecule has 0 saturated heterocycles. The number of nitrogens with two attached hydrogens (primary N) is 2. The highest BCUT2D eigenvalue weighted by Crippen LogP contribution is 2.47. The second-order valence-corrected chi connectivity index (χ2v) is 6.77. The van der Waals surface area contributed by atoms with Gasteiger partial charge in [-0.25, -0.2) is 0 Å². The van der Waals surface area contributed by atoms with E-state index in [4.69, 9.17) is 11.5 Å². The molecule has 2 heterocycles. The molecule has 0 atom stereocenters. The monoisotopic (exact) mass is 346 g/mol. The van der Waals surface area contributed by atoms with E-state index < -0.39 is 10.9 Å². The molecule has 0 unspecified atom stereocenters. The van der Waals surface area contributed by atoms with E-state index in [9.17, 15) is 0 Å². The average Bonchev–Trinajstić information content (AvgIpc) is 3.02. The predicted octanol–water partition coefficient (Wildman–Crippen LogP) is 4.82. The minimum Gasteiger partial charge on any atom is -0.398 e. The van der Waals surface area contributed by atoms with Crippen LogP contribution in [0.4, 0.5) is 11.4 Å². The van der Waals surface area contributed by atoms with Gasteiger partial charge < -0.3 is 11.5 Å². The van der Waals surface area contributed by atoms with E-state index in [1.807, 2.05) is 17.5 Å². The number of rotatable bonds is 2. The molecule has 4 N–H and O–H groups in total. The Labute approximate surface area is 137 Å². The van der Waals surface area contributed by atoms with Crippen LogP contribution in [0.25, 0.3) is 11.1 Å². The van der Waals surface area contributed by atoms with Crippen LogP contribution >= 0.6 is 47.0 Å². The van der Waals surface area contributed by atoms with E-state index in [-0.39, 0.29) is 24.8 Å². The molecule has 0 bridgehead atoms. The van der Waals surface area contributed by atoms with Crippen LogP contribution in [0.5, 0.6) is 0 Å². The van der Waals surface area contributed by atoms with Crippen LogP contribution in [-0.4, -0.2) is 0 Å². The molecular weight excluding hydrogens is 331 g/mol. The molecule has 0 saturated carbocycles. The van der Waals surface area contributed by atoms with Crippen LogP contribution in [-0.2, 0) is 0 Å². The summed E-state index contributed by atoms with van der Waals surface area (Å²) in [7, 11) is -0.411. The molecule has 2 aromatic rings. The molecule has 6 heteroatoms. The lowest BCUT2D eigenvalue weighted by molar-refractivity contribution is 1.46. The summed E-state index contributed by atoms with van der Waals surface area (Å²) in [5.41, 5.74) is 16.1. The Kier molecular flexibility index (Phi) is 6.02. The minimum absolute atomic E-state index is 0. The molecule has 1 aromatic heterocycles. The zero-order valence-corrected chi connectivity index (χ0v) is 13.9. The van der Waals surface area contributed by atoms with Crippen molar-refractivity contribution in [1.82, 2.24) is 0 Å². The van der Waals surface area contributed by atoms with Crippen molar-refractivity contribution in [2.45, 2.75) is 4.90 Å². The Morgan fingerprint density at radius 1 is 0.950 bits per heavy atom. The maximum atomic E-state index is 6.17. The highest BCUT2D eigenvalue weighted by Gasteiger charge is 2.12. The van der Waals surface area contributed by atoms with Gasteiger partial charge in [0.15, 0.2) is 0 Å². The number of hydrogen-bond donors (Lipinski definition) is 3. The molecule has 0 fully saturated rings. The van der Waals surface area contributed by atoms with Gasteiger partial charge in [0.25, 0.3) is 0 Å². The van der Waals surface area contributed by atoms with Gasteiger partial charge >= 0.3 is 0 Å². The summed E-state index contributed by atoms with van der Waals surface area (Å²) in [6.45, 7) is 0. The van der Waals surface area contributed by atoms with Crippen molar-refractivity contribution >= 4 is 58.4 Å². The van der Waals surface area contributed by atoms with Crippen LogP contribution in [0.3, 0.4) is 0 Å². The molecule has 20 heavy (non-hydrogen) atoms. The van der Waals surface area contributed by atoms with Crippen molar-refractivity contribution < 1.29 is 0 Å². The summed E-state index contributed by atoms with van der Waals surface area (Å²) in [5, 5.41) is 8.51. The first-order valence-electron chi connectivity index (χ1n) is 5.60. The van der Waals surface area contributed by atoms with Crippen LogP contribution in [0.15, 0.2) is 56.8 Å². The lowest BCUT2D eigenvalue weighted by Crippen LogP contribution is -1.96. The standard InChI is InChI=1S/C14H14N2S2.2ClH/c15-12-8-14(18-5-1-2-6-18)13(16)7-11(12)10-3-4-17-9-10;;/h1-9,18H,15-16H2;2*1H. The molecule has 0 aliphatic carbocycles. The topological polar surface area (TPSA) is 52.0 Å². The number of allylic oxidation sites excluding steroid dienone is 2. The third-order valence-electron chi connectivity index (χ3n) is 2.91. The van der Waals surface area contributed by atoms with E-state index >= 15 is 0 Å². The van der Waals surface area contributed by atoms with Crippen LogP contribution in [0, 0.1) is 0 Å². The lowest BCUT2D eigenvalue weighted by atomic mass is 10.1. The van der Waals surface area contributed by atoms with Crippen molar-refractivity contribution in [2.24, 2.45) is 0 Å². The molecule has 0 amide bonds. The van der Waals surface area contributed by atoms with E-state index in [0.29, 0.717) is 0 Å². The van der Waals surface area contributed by atoms with Gasteiger partial charge in [0.2, 0.25) is 0 Å². The fourth-order valence-corrected chi connectivity index (χ4v) is 4.30. The van der Waals surface area contributed by atoms with Gasteiger partial charge in [-0.1, -0.05) is 12.2 Å². The second kappa shape index (κ2) is 7.09. The molecule has 0 radical (unpaired) electrons. The maximum absolute atomic E-state index is 6.17. The first-order chi connectivity index (χ1) is 8.75. The number of anilines is 2. The van der Waals surface area contributed by atoms with Gasteiger partial charge in [-0.05, 0) is 45.3 Å². The number of benzene rings is 1. The van der Waals surface area contributed by atoms with Gasteiger partial charge in [-0.2, -0.15) is 22.2 Å². The average molecular weight is 347 g/mol.